The van der Waals surface area contributed by atoms with Crippen molar-refractivity contribution in [3.63, 3.8) is 0 Å². The van der Waals surface area contributed by atoms with Crippen molar-refractivity contribution in [3.8, 4) is 0 Å². The third kappa shape index (κ3) is 8.07. The minimum absolute atomic E-state index is 1.04. The highest BCUT2D eigenvalue weighted by molar-refractivity contribution is 7.45. The Balaban J connectivity index is 0. The highest BCUT2D eigenvalue weighted by atomic mass is 31.2. The molecule has 5 nitrogen and oxygen atoms in total. The van der Waals surface area contributed by atoms with Gasteiger partial charge in [0.05, 0.1) is 7.05 Å². The number of hydrogen-bond donors (Lipinski definition) is 1. The van der Waals surface area contributed by atoms with Gasteiger partial charge in [0.1, 0.15) is 0 Å². The Kier molecular flexibility index (Phi) is 8.13. The van der Waals surface area contributed by atoms with E-state index in [4.69, 9.17) is 0 Å². The van der Waals surface area contributed by atoms with Crippen molar-refractivity contribution in [1.29, 1.82) is 0 Å². The summed E-state index contributed by atoms with van der Waals surface area (Å²) in [4.78, 5) is 9.95. The minimum atomic E-state index is -3.90. The van der Waals surface area contributed by atoms with Crippen molar-refractivity contribution >= 4 is 7.82 Å². The van der Waals surface area contributed by atoms with Gasteiger partial charge in [0, 0.05) is 14.2 Å². The Labute approximate surface area is 54.4 Å². The predicted octanol–water partition coefficient (Wildman–Crippen LogP) is -1.39. The third-order valence-corrected chi connectivity index (χ3v) is 1.34. The second kappa shape index (κ2) is 6.19. The smallest absolute Gasteiger partial charge is 0.267 e. The van der Waals surface area contributed by atoms with Crippen molar-refractivity contribution < 1.29 is 24.2 Å². The molecule has 6 heteroatoms. The lowest BCUT2D eigenvalue weighted by molar-refractivity contribution is -0.325. The Morgan fingerprint density at radius 3 is 1.56 bits per heavy atom. The monoisotopic (exact) mass is 157 g/mol. The van der Waals surface area contributed by atoms with E-state index in [-0.39, 0.29) is 0 Å². The second-order valence-electron chi connectivity index (χ2n) is 0.812. The molecule has 0 aromatic rings. The van der Waals surface area contributed by atoms with Crippen LogP contribution in [-0.4, -0.2) is 21.3 Å². The molecule has 0 aromatic carbocycles. The zero-order valence-corrected chi connectivity index (χ0v) is 6.68. The van der Waals surface area contributed by atoms with Crippen molar-refractivity contribution in [2.24, 2.45) is 0 Å². The van der Waals surface area contributed by atoms with Crippen LogP contribution in [0.1, 0.15) is 0 Å². The Morgan fingerprint density at radius 1 is 1.33 bits per heavy atom. The molecule has 0 saturated heterocycles. The Hall–Kier alpha value is 0.0700. The normalized spacial score (nSPS) is 9.89. The van der Waals surface area contributed by atoms with Crippen LogP contribution in [0, 0.1) is 0 Å². The molecule has 3 N–H and O–H groups in total. The van der Waals surface area contributed by atoms with Crippen LogP contribution in [-0.2, 0) is 13.6 Å². The fraction of sp³-hybridized carbons (Fsp3) is 1.00. The molecule has 0 aliphatic carbocycles. The summed E-state index contributed by atoms with van der Waals surface area (Å²) in [5.41, 5.74) is 3.25. The standard InChI is InChI=1S/C2H7O4P.CH5N/c1-5-7(3,4)6-2;1-2/h1-2H3,(H,3,4);2H2,1H3. The van der Waals surface area contributed by atoms with Crippen LogP contribution in [0.15, 0.2) is 0 Å². The summed E-state index contributed by atoms with van der Waals surface area (Å²) in [6, 6.07) is 0. The molecule has 0 unspecified atom stereocenters. The summed E-state index contributed by atoms with van der Waals surface area (Å²) in [5, 5.41) is 0. The molecule has 0 radical (unpaired) electrons. The van der Waals surface area contributed by atoms with Crippen molar-refractivity contribution in [3.05, 3.63) is 0 Å². The average molecular weight is 157 g/mol. The van der Waals surface area contributed by atoms with E-state index in [0.29, 0.717) is 0 Å². The molecule has 9 heavy (non-hydrogen) atoms. The first-order valence-corrected chi connectivity index (χ1v) is 3.71. The SMILES string of the molecule is COP(=O)([O-])OC.C[NH3+]. The molecule has 0 bridgehead atoms. The maximum Gasteiger partial charge on any atom is 0.267 e. The first-order valence-electron chi connectivity index (χ1n) is 2.25. The van der Waals surface area contributed by atoms with E-state index >= 15 is 0 Å². The van der Waals surface area contributed by atoms with Crippen LogP contribution in [0.2, 0.25) is 0 Å². The first-order chi connectivity index (χ1) is 4.12. The molecule has 0 saturated carbocycles. The van der Waals surface area contributed by atoms with E-state index in [9.17, 15) is 9.46 Å². The largest absolute Gasteiger partial charge is 0.756 e. The summed E-state index contributed by atoms with van der Waals surface area (Å²) >= 11 is 0. The van der Waals surface area contributed by atoms with Gasteiger partial charge >= 0.3 is 0 Å². The maximum absolute atomic E-state index is 9.95. The van der Waals surface area contributed by atoms with Gasteiger partial charge in [-0.1, -0.05) is 0 Å². The van der Waals surface area contributed by atoms with E-state index in [0.717, 1.165) is 14.2 Å². The zero-order chi connectivity index (χ0) is 7.91. The summed E-state index contributed by atoms with van der Waals surface area (Å²) < 4.78 is 17.7. The zero-order valence-electron chi connectivity index (χ0n) is 5.79. The quantitative estimate of drug-likeness (QED) is 0.500. The van der Waals surface area contributed by atoms with Gasteiger partial charge in [-0.05, 0) is 0 Å². The molecule has 0 aliphatic heterocycles. The molecule has 0 aliphatic rings. The Morgan fingerprint density at radius 2 is 1.56 bits per heavy atom. The molecule has 0 rings (SSSR count). The maximum atomic E-state index is 9.95. The summed E-state index contributed by atoms with van der Waals surface area (Å²) in [7, 11) is -0.0764. The van der Waals surface area contributed by atoms with Crippen LogP contribution in [0.25, 0.3) is 0 Å². The van der Waals surface area contributed by atoms with E-state index in [1.807, 2.05) is 0 Å². The van der Waals surface area contributed by atoms with Gasteiger partial charge in [-0.15, -0.1) is 0 Å². The molecule has 58 valence electrons. The summed E-state index contributed by atoms with van der Waals surface area (Å²) in [6.45, 7) is 0. The van der Waals surface area contributed by atoms with Crippen LogP contribution >= 0.6 is 7.82 Å². The van der Waals surface area contributed by atoms with Gasteiger partial charge in [0.15, 0.2) is 0 Å². The topological polar surface area (TPSA) is 86.2 Å². The molecule has 0 atom stereocenters. The fourth-order valence-electron chi connectivity index (χ4n) is 0.0745. The van der Waals surface area contributed by atoms with E-state index < -0.39 is 7.82 Å². The number of quaternary nitrogens is 1. The van der Waals surface area contributed by atoms with Crippen molar-refractivity contribution in [2.75, 3.05) is 21.3 Å². The van der Waals surface area contributed by atoms with Crippen molar-refractivity contribution in [2.45, 2.75) is 0 Å². The van der Waals surface area contributed by atoms with Gasteiger partial charge in [0.25, 0.3) is 7.82 Å². The van der Waals surface area contributed by atoms with Crippen molar-refractivity contribution in [1.82, 2.24) is 0 Å². The van der Waals surface area contributed by atoms with Crippen LogP contribution in [0.3, 0.4) is 0 Å². The highest BCUT2D eigenvalue weighted by Gasteiger charge is 1.98. The third-order valence-electron chi connectivity index (χ3n) is 0.447. The number of phosphoric ester groups is 1. The van der Waals surface area contributed by atoms with Gasteiger partial charge in [-0.25, -0.2) is 0 Å². The summed E-state index contributed by atoms with van der Waals surface area (Å²) in [5.74, 6) is 0. The molecule has 0 aromatic heterocycles. The lowest BCUT2D eigenvalue weighted by atomic mass is 11.6. The molecule has 0 fully saturated rings. The van der Waals surface area contributed by atoms with Crippen LogP contribution in [0.5, 0.6) is 0 Å². The van der Waals surface area contributed by atoms with E-state index in [1.54, 1.807) is 7.05 Å². The van der Waals surface area contributed by atoms with Crippen LogP contribution in [0.4, 0.5) is 0 Å². The van der Waals surface area contributed by atoms with Gasteiger partial charge in [-0.2, -0.15) is 0 Å². The lowest BCUT2D eigenvalue weighted by Crippen LogP contribution is -2.40. The molecule has 0 heterocycles. The molecular weight excluding hydrogens is 145 g/mol. The summed E-state index contributed by atoms with van der Waals surface area (Å²) in [6.07, 6.45) is 0. The number of rotatable bonds is 2. The minimum Gasteiger partial charge on any atom is -0.756 e. The number of hydrogen-bond acceptors (Lipinski definition) is 4. The highest BCUT2D eigenvalue weighted by Crippen LogP contribution is 2.34. The second-order valence-corrected chi connectivity index (χ2v) is 2.44. The van der Waals surface area contributed by atoms with Gasteiger partial charge in [-0.3, -0.25) is 4.57 Å². The predicted molar refractivity (Wildman–Crippen MR) is 30.4 cm³/mol. The van der Waals surface area contributed by atoms with Gasteiger partial charge in [0.2, 0.25) is 0 Å². The Bertz CT molecular complexity index is 87.8. The van der Waals surface area contributed by atoms with E-state index in [1.165, 1.54) is 0 Å². The van der Waals surface area contributed by atoms with E-state index in [2.05, 4.69) is 14.8 Å². The molecule has 0 spiro atoms. The number of phosphoric acid groups is 1. The lowest BCUT2D eigenvalue weighted by Gasteiger charge is -2.16. The van der Waals surface area contributed by atoms with Crippen LogP contribution < -0.4 is 10.6 Å². The fourth-order valence-corrected chi connectivity index (χ4v) is 0.224. The average Bonchev–Trinajstić information content (AvgIpc) is 1.93. The molecule has 0 amide bonds. The molecular formula is C3H12NO4P. The van der Waals surface area contributed by atoms with Gasteiger partial charge < -0.3 is 19.7 Å². The first kappa shape index (κ1) is 11.8.